The summed E-state index contributed by atoms with van der Waals surface area (Å²) in [5, 5.41) is 0. The van der Waals surface area contributed by atoms with Crippen molar-refractivity contribution in [1.29, 1.82) is 0 Å². The number of hydrogen-bond donors (Lipinski definition) is 0. The molecule has 0 spiro atoms. The number of carbonyl (C=O) groups is 2. The predicted molar refractivity (Wildman–Crippen MR) is 92.6 cm³/mol. The highest BCUT2D eigenvalue weighted by molar-refractivity contribution is 6.00. The van der Waals surface area contributed by atoms with E-state index in [1.165, 1.54) is 0 Å². The summed E-state index contributed by atoms with van der Waals surface area (Å²) in [6.45, 7) is 11.7. The van der Waals surface area contributed by atoms with Crippen molar-refractivity contribution < 1.29 is 9.59 Å². The molecule has 0 N–H and O–H groups in total. The van der Waals surface area contributed by atoms with Crippen LogP contribution >= 0.6 is 0 Å². The molecular formula is C20H28O2. The summed E-state index contributed by atoms with van der Waals surface area (Å²) in [7, 11) is 0. The zero-order valence-electron chi connectivity index (χ0n) is 14.7. The molecule has 0 saturated heterocycles. The molecule has 0 aromatic heterocycles. The largest absolute Gasteiger partial charge is 0.294 e. The van der Waals surface area contributed by atoms with Crippen LogP contribution in [0.25, 0.3) is 0 Å². The maximum absolute atomic E-state index is 12.6. The van der Waals surface area contributed by atoms with Gasteiger partial charge in [0.15, 0.2) is 11.6 Å². The molecule has 1 rings (SSSR count). The molecule has 1 aliphatic rings. The molecule has 0 heterocycles. The second kappa shape index (κ2) is 8.07. The van der Waals surface area contributed by atoms with Crippen molar-refractivity contribution >= 4 is 11.6 Å². The monoisotopic (exact) mass is 300 g/mol. The van der Waals surface area contributed by atoms with E-state index in [-0.39, 0.29) is 23.4 Å². The summed E-state index contributed by atoms with van der Waals surface area (Å²) in [6, 6.07) is 0. The minimum absolute atomic E-state index is 0.0121. The lowest BCUT2D eigenvalue weighted by atomic mass is 9.73. The van der Waals surface area contributed by atoms with Gasteiger partial charge in [-0.25, -0.2) is 0 Å². The van der Waals surface area contributed by atoms with Crippen molar-refractivity contribution in [3.8, 4) is 0 Å². The molecule has 0 aromatic rings. The topological polar surface area (TPSA) is 34.1 Å². The maximum Gasteiger partial charge on any atom is 0.178 e. The fourth-order valence-corrected chi connectivity index (χ4v) is 3.05. The molecule has 2 heteroatoms. The van der Waals surface area contributed by atoms with Gasteiger partial charge in [0, 0.05) is 5.92 Å². The Labute approximate surface area is 134 Å². The highest BCUT2D eigenvalue weighted by Gasteiger charge is 2.31. The lowest BCUT2D eigenvalue weighted by Crippen LogP contribution is -2.27. The van der Waals surface area contributed by atoms with Crippen LogP contribution in [0.4, 0.5) is 0 Å². The molecule has 0 bridgehead atoms. The number of carbonyl (C=O) groups excluding carboxylic acids is 2. The Hall–Kier alpha value is -1.70. The van der Waals surface area contributed by atoms with Crippen LogP contribution in [0.5, 0.6) is 0 Å². The van der Waals surface area contributed by atoms with Gasteiger partial charge in [-0.2, -0.15) is 0 Å². The second-order valence-corrected chi connectivity index (χ2v) is 6.75. The van der Waals surface area contributed by atoms with Crippen molar-refractivity contribution in [2.75, 3.05) is 0 Å². The standard InChI is InChI=1S/C20H28O2/c1-13(2)10-17(21)12-16(6)18-9-7-8-15(5)20(18)19(22)11-14(3)4/h8,10-12,18,20H,7,9H2,1-6H3/b16-12+. The fraction of sp³-hybridized carbons (Fsp3) is 0.500. The molecule has 2 atom stereocenters. The molecule has 0 amide bonds. The zero-order valence-corrected chi connectivity index (χ0v) is 14.7. The first-order chi connectivity index (χ1) is 10.2. The Balaban J connectivity index is 3.09. The first kappa shape index (κ1) is 18.3. The van der Waals surface area contributed by atoms with Crippen molar-refractivity contribution in [2.45, 2.75) is 54.4 Å². The van der Waals surface area contributed by atoms with E-state index >= 15 is 0 Å². The lowest BCUT2D eigenvalue weighted by Gasteiger charge is -2.30. The average molecular weight is 300 g/mol. The van der Waals surface area contributed by atoms with Gasteiger partial charge in [-0.1, -0.05) is 28.4 Å². The molecule has 22 heavy (non-hydrogen) atoms. The lowest BCUT2D eigenvalue weighted by molar-refractivity contribution is -0.118. The quantitative estimate of drug-likeness (QED) is 0.530. The number of hydrogen-bond acceptors (Lipinski definition) is 2. The van der Waals surface area contributed by atoms with E-state index in [1.54, 1.807) is 18.2 Å². The summed E-state index contributed by atoms with van der Waals surface area (Å²) >= 11 is 0. The SMILES string of the molecule is CC(C)=CC(=O)/C=C(\C)C1CCC=C(C)C1C(=O)C=C(C)C. The Bertz CT molecular complexity index is 563. The van der Waals surface area contributed by atoms with Crippen LogP contribution in [0.15, 0.2) is 46.6 Å². The molecular weight excluding hydrogens is 272 g/mol. The third-order valence-electron chi connectivity index (χ3n) is 3.96. The number of rotatable bonds is 5. The van der Waals surface area contributed by atoms with Crippen LogP contribution in [0.3, 0.4) is 0 Å². The van der Waals surface area contributed by atoms with Gasteiger partial charge in [0.25, 0.3) is 0 Å². The molecule has 2 unspecified atom stereocenters. The summed E-state index contributed by atoms with van der Waals surface area (Å²) in [6.07, 6.45) is 9.11. The van der Waals surface area contributed by atoms with Crippen LogP contribution in [-0.4, -0.2) is 11.6 Å². The van der Waals surface area contributed by atoms with E-state index in [0.29, 0.717) is 0 Å². The highest BCUT2D eigenvalue weighted by Crippen LogP contribution is 2.36. The summed E-state index contributed by atoms with van der Waals surface area (Å²) < 4.78 is 0. The van der Waals surface area contributed by atoms with E-state index in [1.807, 2.05) is 41.5 Å². The van der Waals surface area contributed by atoms with E-state index < -0.39 is 0 Å². The Morgan fingerprint density at radius 2 is 1.59 bits per heavy atom. The number of allylic oxidation sites excluding steroid dienone is 8. The molecule has 0 aromatic carbocycles. The van der Waals surface area contributed by atoms with E-state index in [2.05, 4.69) is 6.08 Å². The van der Waals surface area contributed by atoms with Crippen LogP contribution in [0.1, 0.15) is 54.4 Å². The van der Waals surface area contributed by atoms with Crippen molar-refractivity contribution in [1.82, 2.24) is 0 Å². The first-order valence-corrected chi connectivity index (χ1v) is 7.94. The first-order valence-electron chi connectivity index (χ1n) is 7.94. The van der Waals surface area contributed by atoms with Crippen molar-refractivity contribution in [3.63, 3.8) is 0 Å². The molecule has 0 aliphatic heterocycles. The minimum Gasteiger partial charge on any atom is -0.294 e. The van der Waals surface area contributed by atoms with Gasteiger partial charge in [-0.15, -0.1) is 0 Å². The maximum atomic E-state index is 12.6. The smallest absolute Gasteiger partial charge is 0.178 e. The van der Waals surface area contributed by atoms with Crippen LogP contribution in [-0.2, 0) is 9.59 Å². The predicted octanol–water partition coefficient (Wildman–Crippen LogP) is 4.98. The molecule has 1 aliphatic carbocycles. The van der Waals surface area contributed by atoms with Gasteiger partial charge in [-0.3, -0.25) is 9.59 Å². The molecule has 0 saturated carbocycles. The molecule has 0 fully saturated rings. The van der Waals surface area contributed by atoms with Crippen molar-refractivity contribution in [3.05, 3.63) is 46.6 Å². The Kier molecular flexibility index (Phi) is 6.73. The van der Waals surface area contributed by atoms with Gasteiger partial charge in [0.05, 0.1) is 0 Å². The molecule has 120 valence electrons. The zero-order chi connectivity index (χ0) is 16.9. The van der Waals surface area contributed by atoms with Gasteiger partial charge in [0.1, 0.15) is 0 Å². The normalized spacial score (nSPS) is 21.7. The van der Waals surface area contributed by atoms with Gasteiger partial charge >= 0.3 is 0 Å². The van der Waals surface area contributed by atoms with E-state index in [4.69, 9.17) is 0 Å². The summed E-state index contributed by atoms with van der Waals surface area (Å²) in [4.78, 5) is 24.5. The Morgan fingerprint density at radius 3 is 2.14 bits per heavy atom. The molecule has 0 radical (unpaired) electrons. The van der Waals surface area contributed by atoms with E-state index in [9.17, 15) is 9.59 Å². The fourth-order valence-electron chi connectivity index (χ4n) is 3.05. The second-order valence-electron chi connectivity index (χ2n) is 6.75. The van der Waals surface area contributed by atoms with Gasteiger partial charge in [-0.05, 0) is 78.5 Å². The Morgan fingerprint density at radius 1 is 1.00 bits per heavy atom. The molecule has 2 nitrogen and oxygen atoms in total. The third kappa shape index (κ3) is 5.25. The average Bonchev–Trinajstić information content (AvgIpc) is 2.35. The minimum atomic E-state index is -0.126. The van der Waals surface area contributed by atoms with E-state index in [0.717, 1.165) is 35.1 Å². The highest BCUT2D eigenvalue weighted by atomic mass is 16.1. The number of ketones is 2. The van der Waals surface area contributed by atoms with Gasteiger partial charge < -0.3 is 0 Å². The summed E-state index contributed by atoms with van der Waals surface area (Å²) in [5.74, 6) is 0.168. The van der Waals surface area contributed by atoms with Crippen LogP contribution in [0.2, 0.25) is 0 Å². The van der Waals surface area contributed by atoms with Crippen molar-refractivity contribution in [2.24, 2.45) is 11.8 Å². The van der Waals surface area contributed by atoms with Crippen LogP contribution in [0, 0.1) is 11.8 Å². The summed E-state index contributed by atoms with van der Waals surface area (Å²) in [5.41, 5.74) is 4.15. The van der Waals surface area contributed by atoms with Gasteiger partial charge in [0.2, 0.25) is 0 Å². The van der Waals surface area contributed by atoms with Crippen LogP contribution < -0.4 is 0 Å². The third-order valence-corrected chi connectivity index (χ3v) is 3.96.